The van der Waals surface area contributed by atoms with Crippen LogP contribution in [0, 0.1) is 17.6 Å². The van der Waals surface area contributed by atoms with E-state index in [1.807, 2.05) is 0 Å². The van der Waals surface area contributed by atoms with Crippen molar-refractivity contribution in [2.75, 3.05) is 20.1 Å². The third kappa shape index (κ3) is 3.51. The number of alkyl carbamates (subject to hydrolysis) is 1. The van der Waals surface area contributed by atoms with Crippen LogP contribution in [0.4, 0.5) is 13.6 Å². The van der Waals surface area contributed by atoms with E-state index in [0.29, 0.717) is 6.54 Å². The number of benzene rings is 1. The minimum absolute atomic E-state index is 0.0436. The first-order valence-electron chi connectivity index (χ1n) is 8.57. The fourth-order valence-electron chi connectivity index (χ4n) is 3.40. The molecule has 2 aliphatic heterocycles. The number of halogens is 2. The average Bonchev–Trinajstić information content (AvgIpc) is 2.95. The Balaban J connectivity index is 2.04. The number of hydrogen-bond acceptors (Lipinski definition) is 5. The van der Waals surface area contributed by atoms with Crippen molar-refractivity contribution in [2.45, 2.75) is 31.9 Å². The van der Waals surface area contributed by atoms with Gasteiger partial charge in [-0.25, -0.2) is 18.6 Å². The molecule has 2 amide bonds. The third-order valence-electron chi connectivity index (χ3n) is 4.58. The zero-order valence-corrected chi connectivity index (χ0v) is 15.6. The van der Waals surface area contributed by atoms with Crippen LogP contribution in [0.1, 0.15) is 26.3 Å². The molecular weight excluding hydrogens is 358 g/mol. The molecule has 0 saturated carbocycles. The number of nitrogens with one attached hydrogen (secondary N) is 2. The van der Waals surface area contributed by atoms with Gasteiger partial charge in [-0.1, -0.05) is 6.07 Å². The zero-order valence-electron chi connectivity index (χ0n) is 15.6. The molecule has 27 heavy (non-hydrogen) atoms. The third-order valence-corrected chi connectivity index (χ3v) is 4.58. The second-order valence-corrected chi connectivity index (χ2v) is 7.69. The van der Waals surface area contributed by atoms with Gasteiger partial charge in [-0.15, -0.1) is 0 Å². The molecule has 2 aliphatic rings. The lowest BCUT2D eigenvalue weighted by molar-refractivity contribution is -0.132. The summed E-state index contributed by atoms with van der Waals surface area (Å²) in [4.78, 5) is 30.7. The molecule has 0 aliphatic carbocycles. The number of aliphatic imine (C=N–C) groups is 1. The molecule has 7 nitrogen and oxygen atoms in total. The van der Waals surface area contributed by atoms with Gasteiger partial charge in [0.1, 0.15) is 22.8 Å². The molecule has 0 radical (unpaired) electrons. The first-order chi connectivity index (χ1) is 12.5. The maximum Gasteiger partial charge on any atom is 0.414 e. The molecule has 3 rings (SSSR count). The van der Waals surface area contributed by atoms with E-state index in [-0.39, 0.29) is 24.0 Å². The van der Waals surface area contributed by atoms with E-state index in [0.717, 1.165) is 12.1 Å². The highest BCUT2D eigenvalue weighted by atomic mass is 19.1. The van der Waals surface area contributed by atoms with Crippen LogP contribution in [0.2, 0.25) is 0 Å². The van der Waals surface area contributed by atoms with Gasteiger partial charge in [-0.2, -0.15) is 0 Å². The second-order valence-electron chi connectivity index (χ2n) is 7.69. The summed E-state index contributed by atoms with van der Waals surface area (Å²) in [5.74, 6) is -2.55. The fraction of sp³-hybridized carbons (Fsp3) is 0.500. The first kappa shape index (κ1) is 19.2. The molecule has 1 aromatic rings. The zero-order chi connectivity index (χ0) is 20.0. The van der Waals surface area contributed by atoms with Crippen molar-refractivity contribution in [2.24, 2.45) is 10.9 Å². The summed E-state index contributed by atoms with van der Waals surface area (Å²) in [7, 11) is 1.47. The SMILES string of the molecule is CN1C(=O)[C@@H]2CNC[C@]2(c2ccc(F)cc2F)N=C1NC(=O)OC(C)(C)C. The van der Waals surface area contributed by atoms with E-state index in [9.17, 15) is 18.4 Å². The standard InChI is InChI=1S/C18H22F2N4O3/c1-17(2,3)27-16(26)22-15-23-18(11-6-5-10(19)7-13(11)20)9-21-8-12(18)14(25)24(15)4/h5-7,12,21H,8-9H2,1-4H3,(H,22,23,26)/t12-,18+/m0/s1. The first-order valence-corrected chi connectivity index (χ1v) is 8.57. The molecule has 0 aromatic heterocycles. The van der Waals surface area contributed by atoms with E-state index in [4.69, 9.17) is 4.74 Å². The highest BCUT2D eigenvalue weighted by Gasteiger charge is 2.54. The van der Waals surface area contributed by atoms with Crippen LogP contribution in [-0.4, -0.2) is 48.6 Å². The van der Waals surface area contributed by atoms with Gasteiger partial charge in [0.15, 0.2) is 0 Å². The Kier molecular flexibility index (Phi) is 4.67. The van der Waals surface area contributed by atoms with Crippen molar-refractivity contribution in [1.82, 2.24) is 15.5 Å². The molecule has 2 atom stereocenters. The Labute approximate surface area is 155 Å². The lowest BCUT2D eigenvalue weighted by atomic mass is 9.79. The molecule has 0 bridgehead atoms. The Hall–Kier alpha value is -2.55. The smallest absolute Gasteiger partial charge is 0.414 e. The summed E-state index contributed by atoms with van der Waals surface area (Å²) in [5.41, 5.74) is -1.91. The number of carbonyl (C=O) groups is 2. The second kappa shape index (κ2) is 6.56. The van der Waals surface area contributed by atoms with Crippen LogP contribution in [0.25, 0.3) is 0 Å². The van der Waals surface area contributed by atoms with Crippen LogP contribution in [0.15, 0.2) is 23.2 Å². The van der Waals surface area contributed by atoms with Crippen LogP contribution < -0.4 is 10.6 Å². The molecule has 9 heteroatoms. The van der Waals surface area contributed by atoms with Gasteiger partial charge in [0.2, 0.25) is 11.9 Å². The number of amides is 2. The molecule has 146 valence electrons. The summed E-state index contributed by atoms with van der Waals surface area (Å²) < 4.78 is 33.1. The molecule has 2 heterocycles. The highest BCUT2D eigenvalue weighted by molar-refractivity contribution is 6.06. The van der Waals surface area contributed by atoms with Gasteiger partial charge in [0, 0.05) is 31.8 Å². The minimum atomic E-state index is -1.27. The van der Waals surface area contributed by atoms with Gasteiger partial charge in [0.05, 0.1) is 5.92 Å². The average molecular weight is 380 g/mol. The minimum Gasteiger partial charge on any atom is -0.444 e. The van der Waals surface area contributed by atoms with Gasteiger partial charge < -0.3 is 10.1 Å². The number of fused-ring (bicyclic) bond motifs is 1. The van der Waals surface area contributed by atoms with Crippen molar-refractivity contribution in [3.05, 3.63) is 35.4 Å². The molecule has 1 saturated heterocycles. The molecular formula is C18H22F2N4O3. The molecule has 0 unspecified atom stereocenters. The number of ether oxygens (including phenoxy) is 1. The number of nitrogens with zero attached hydrogens (tertiary/aromatic N) is 2. The molecule has 0 spiro atoms. The predicted octanol–water partition coefficient (Wildman–Crippen LogP) is 1.73. The number of hydrogen-bond donors (Lipinski definition) is 2. The maximum atomic E-state index is 14.5. The number of guanidine groups is 1. The summed E-state index contributed by atoms with van der Waals surface area (Å²) in [6, 6.07) is 3.18. The largest absolute Gasteiger partial charge is 0.444 e. The Morgan fingerprint density at radius 2 is 2.11 bits per heavy atom. The number of rotatable bonds is 1. The summed E-state index contributed by atoms with van der Waals surface area (Å²) in [6.45, 7) is 5.59. The lowest BCUT2D eigenvalue weighted by Gasteiger charge is -2.39. The quantitative estimate of drug-likeness (QED) is 0.777. The van der Waals surface area contributed by atoms with Crippen molar-refractivity contribution < 1.29 is 23.1 Å². The number of carbonyl (C=O) groups excluding carboxylic acids is 2. The predicted molar refractivity (Wildman–Crippen MR) is 94.0 cm³/mol. The highest BCUT2D eigenvalue weighted by Crippen LogP contribution is 2.41. The summed E-state index contributed by atoms with van der Waals surface area (Å²) in [5, 5.41) is 5.51. The topological polar surface area (TPSA) is 83.0 Å². The van der Waals surface area contributed by atoms with E-state index in [1.54, 1.807) is 20.8 Å². The van der Waals surface area contributed by atoms with Crippen molar-refractivity contribution in [3.8, 4) is 0 Å². The van der Waals surface area contributed by atoms with Crippen LogP contribution in [0.3, 0.4) is 0 Å². The monoisotopic (exact) mass is 380 g/mol. The van der Waals surface area contributed by atoms with Crippen LogP contribution in [0.5, 0.6) is 0 Å². The van der Waals surface area contributed by atoms with E-state index in [1.165, 1.54) is 18.0 Å². The van der Waals surface area contributed by atoms with Crippen molar-refractivity contribution in [3.63, 3.8) is 0 Å². The van der Waals surface area contributed by atoms with Crippen molar-refractivity contribution >= 4 is 18.0 Å². The van der Waals surface area contributed by atoms with Gasteiger partial charge in [-0.05, 0) is 26.8 Å². The maximum absolute atomic E-state index is 14.5. The van der Waals surface area contributed by atoms with Crippen LogP contribution in [-0.2, 0) is 15.1 Å². The molecule has 1 fully saturated rings. The Morgan fingerprint density at radius 1 is 1.41 bits per heavy atom. The summed E-state index contributed by atoms with van der Waals surface area (Å²) in [6.07, 6.45) is -0.778. The fourth-order valence-corrected chi connectivity index (χ4v) is 3.40. The van der Waals surface area contributed by atoms with Gasteiger partial charge in [0.25, 0.3) is 0 Å². The summed E-state index contributed by atoms with van der Waals surface area (Å²) >= 11 is 0. The van der Waals surface area contributed by atoms with E-state index < -0.39 is 34.8 Å². The Bertz CT molecular complexity index is 821. The van der Waals surface area contributed by atoms with Crippen molar-refractivity contribution in [1.29, 1.82) is 0 Å². The van der Waals surface area contributed by atoms with Crippen LogP contribution >= 0.6 is 0 Å². The lowest BCUT2D eigenvalue weighted by Crippen LogP contribution is -2.57. The van der Waals surface area contributed by atoms with Gasteiger partial charge >= 0.3 is 6.09 Å². The normalized spacial score (nSPS) is 25.1. The van der Waals surface area contributed by atoms with Gasteiger partial charge in [-0.3, -0.25) is 15.0 Å². The Morgan fingerprint density at radius 3 is 2.74 bits per heavy atom. The van der Waals surface area contributed by atoms with E-state index >= 15 is 0 Å². The molecule has 1 aromatic carbocycles. The molecule has 2 N–H and O–H groups in total. The van der Waals surface area contributed by atoms with E-state index in [2.05, 4.69) is 15.6 Å².